The van der Waals surface area contributed by atoms with E-state index in [1.807, 2.05) is 0 Å². The molecular formula is C8H7F3N2O2. The minimum absolute atomic E-state index is 0.435. The van der Waals surface area contributed by atoms with E-state index in [4.69, 9.17) is 5.73 Å². The molecule has 1 aromatic rings. The molecule has 0 bridgehead atoms. The van der Waals surface area contributed by atoms with E-state index >= 15 is 0 Å². The molecule has 0 aliphatic carbocycles. The SMILES string of the molecule is NC(c1ccc([N+](=O)[O-])cc1F)C(F)F. The molecule has 0 amide bonds. The lowest BCUT2D eigenvalue weighted by atomic mass is 10.1. The number of hydrogen-bond acceptors (Lipinski definition) is 3. The van der Waals surface area contributed by atoms with Crippen LogP contribution in [-0.2, 0) is 0 Å². The molecule has 0 heterocycles. The number of nitrogens with two attached hydrogens (primary N) is 1. The van der Waals surface area contributed by atoms with Gasteiger partial charge in [-0.05, 0) is 6.07 Å². The van der Waals surface area contributed by atoms with Crippen molar-refractivity contribution in [1.29, 1.82) is 0 Å². The molecular weight excluding hydrogens is 213 g/mol. The standard InChI is InChI=1S/C8H7F3N2O2/c9-6-3-4(13(14)15)1-2-5(6)7(12)8(10)11/h1-3,7-8H,12H2. The van der Waals surface area contributed by atoms with Crippen molar-refractivity contribution < 1.29 is 18.1 Å². The Morgan fingerprint density at radius 3 is 2.40 bits per heavy atom. The van der Waals surface area contributed by atoms with Gasteiger partial charge in [0.05, 0.1) is 17.0 Å². The van der Waals surface area contributed by atoms with Crippen LogP contribution in [0.15, 0.2) is 18.2 Å². The van der Waals surface area contributed by atoms with Gasteiger partial charge < -0.3 is 5.73 Å². The second-order valence-corrected chi connectivity index (χ2v) is 2.82. The van der Waals surface area contributed by atoms with Crippen molar-refractivity contribution in [3.8, 4) is 0 Å². The van der Waals surface area contributed by atoms with Crippen LogP contribution in [0, 0.1) is 15.9 Å². The predicted octanol–water partition coefficient (Wildman–Crippen LogP) is 2.00. The highest BCUT2D eigenvalue weighted by atomic mass is 19.3. The molecule has 1 atom stereocenters. The van der Waals surface area contributed by atoms with Gasteiger partial charge in [0, 0.05) is 11.6 Å². The first-order chi connectivity index (χ1) is 6.93. The molecule has 4 nitrogen and oxygen atoms in total. The van der Waals surface area contributed by atoms with Crippen LogP contribution in [0.25, 0.3) is 0 Å². The molecule has 0 spiro atoms. The second-order valence-electron chi connectivity index (χ2n) is 2.82. The normalized spacial score (nSPS) is 12.9. The van der Waals surface area contributed by atoms with Crippen molar-refractivity contribution in [3.05, 3.63) is 39.7 Å². The zero-order valence-corrected chi connectivity index (χ0v) is 7.36. The molecule has 7 heteroatoms. The molecule has 0 aromatic heterocycles. The maximum Gasteiger partial charge on any atom is 0.272 e. The van der Waals surface area contributed by atoms with Gasteiger partial charge in [-0.1, -0.05) is 0 Å². The highest BCUT2D eigenvalue weighted by molar-refractivity contribution is 5.35. The van der Waals surface area contributed by atoms with Crippen LogP contribution < -0.4 is 5.73 Å². The van der Waals surface area contributed by atoms with Crippen LogP contribution >= 0.6 is 0 Å². The summed E-state index contributed by atoms with van der Waals surface area (Å²) in [6.07, 6.45) is -2.92. The number of nitrogens with zero attached hydrogens (tertiary/aromatic N) is 1. The largest absolute Gasteiger partial charge is 0.319 e. The second kappa shape index (κ2) is 4.26. The summed E-state index contributed by atoms with van der Waals surface area (Å²) in [5, 5.41) is 10.2. The van der Waals surface area contributed by atoms with Gasteiger partial charge in [0.2, 0.25) is 0 Å². The monoisotopic (exact) mass is 220 g/mol. The van der Waals surface area contributed by atoms with Gasteiger partial charge in [-0.2, -0.15) is 0 Å². The molecule has 0 aliphatic heterocycles. The Hall–Kier alpha value is -1.63. The van der Waals surface area contributed by atoms with Gasteiger partial charge >= 0.3 is 0 Å². The Balaban J connectivity index is 3.08. The number of nitro benzene ring substituents is 1. The van der Waals surface area contributed by atoms with E-state index in [9.17, 15) is 23.3 Å². The Bertz CT molecular complexity index is 384. The average Bonchev–Trinajstić information content (AvgIpc) is 2.16. The van der Waals surface area contributed by atoms with Crippen molar-refractivity contribution in [1.82, 2.24) is 0 Å². The van der Waals surface area contributed by atoms with Crippen molar-refractivity contribution in [2.45, 2.75) is 12.5 Å². The zero-order chi connectivity index (χ0) is 11.6. The molecule has 0 fully saturated rings. The van der Waals surface area contributed by atoms with Crippen LogP contribution in [0.2, 0.25) is 0 Å². The summed E-state index contributed by atoms with van der Waals surface area (Å²) in [4.78, 5) is 9.41. The van der Waals surface area contributed by atoms with Crippen molar-refractivity contribution in [2.75, 3.05) is 0 Å². The van der Waals surface area contributed by atoms with Gasteiger partial charge in [0.1, 0.15) is 5.82 Å². The third kappa shape index (κ3) is 2.44. The lowest BCUT2D eigenvalue weighted by Gasteiger charge is -2.10. The van der Waals surface area contributed by atoms with E-state index in [0.717, 1.165) is 12.1 Å². The van der Waals surface area contributed by atoms with Gasteiger partial charge in [0.15, 0.2) is 0 Å². The highest BCUT2D eigenvalue weighted by Gasteiger charge is 2.22. The van der Waals surface area contributed by atoms with Gasteiger partial charge in [0.25, 0.3) is 12.1 Å². The Labute approximate surface area is 82.7 Å². The Kier molecular flexibility index (Phi) is 3.25. The zero-order valence-electron chi connectivity index (χ0n) is 7.36. The van der Waals surface area contributed by atoms with Crippen LogP contribution in [0.1, 0.15) is 11.6 Å². The minimum atomic E-state index is -2.92. The van der Waals surface area contributed by atoms with Crippen LogP contribution in [0.4, 0.5) is 18.9 Å². The Morgan fingerprint density at radius 1 is 1.40 bits per heavy atom. The van der Waals surface area contributed by atoms with Crippen molar-refractivity contribution >= 4 is 5.69 Å². The summed E-state index contributed by atoms with van der Waals surface area (Å²) < 4.78 is 37.4. The fourth-order valence-corrected chi connectivity index (χ4v) is 1.04. The fourth-order valence-electron chi connectivity index (χ4n) is 1.04. The molecule has 0 radical (unpaired) electrons. The van der Waals surface area contributed by atoms with Crippen LogP contribution in [-0.4, -0.2) is 11.3 Å². The number of benzene rings is 1. The summed E-state index contributed by atoms with van der Waals surface area (Å²) in [6.45, 7) is 0. The molecule has 82 valence electrons. The lowest BCUT2D eigenvalue weighted by Crippen LogP contribution is -2.20. The summed E-state index contributed by atoms with van der Waals surface area (Å²) in [7, 11) is 0. The predicted molar refractivity (Wildman–Crippen MR) is 46.0 cm³/mol. The molecule has 1 rings (SSSR count). The molecule has 0 aliphatic rings. The van der Waals surface area contributed by atoms with E-state index in [0.29, 0.717) is 6.07 Å². The first-order valence-electron chi connectivity index (χ1n) is 3.91. The third-order valence-corrected chi connectivity index (χ3v) is 1.83. The van der Waals surface area contributed by atoms with Crippen molar-refractivity contribution in [2.24, 2.45) is 5.73 Å². The van der Waals surface area contributed by atoms with E-state index in [1.165, 1.54) is 0 Å². The van der Waals surface area contributed by atoms with Gasteiger partial charge in [-0.15, -0.1) is 0 Å². The highest BCUT2D eigenvalue weighted by Crippen LogP contribution is 2.24. The molecule has 1 unspecified atom stereocenters. The summed E-state index contributed by atoms with van der Waals surface area (Å²) in [5.74, 6) is -1.10. The number of hydrogen-bond donors (Lipinski definition) is 1. The fraction of sp³-hybridized carbons (Fsp3) is 0.250. The number of rotatable bonds is 3. The van der Waals surface area contributed by atoms with Crippen LogP contribution in [0.5, 0.6) is 0 Å². The molecule has 1 aromatic carbocycles. The Morgan fingerprint density at radius 2 is 2.00 bits per heavy atom. The number of nitro groups is 1. The summed E-state index contributed by atoms with van der Waals surface area (Å²) >= 11 is 0. The maximum atomic E-state index is 13.1. The number of non-ortho nitro benzene ring substituents is 1. The van der Waals surface area contributed by atoms with E-state index in [-0.39, 0.29) is 0 Å². The van der Waals surface area contributed by atoms with Gasteiger partial charge in [-0.25, -0.2) is 13.2 Å². The number of alkyl halides is 2. The van der Waals surface area contributed by atoms with E-state index in [2.05, 4.69) is 0 Å². The quantitative estimate of drug-likeness (QED) is 0.625. The van der Waals surface area contributed by atoms with E-state index in [1.54, 1.807) is 0 Å². The summed E-state index contributed by atoms with van der Waals surface area (Å²) in [5.41, 5.74) is 4.07. The van der Waals surface area contributed by atoms with Crippen molar-refractivity contribution in [3.63, 3.8) is 0 Å². The topological polar surface area (TPSA) is 69.2 Å². The molecule has 15 heavy (non-hydrogen) atoms. The average molecular weight is 220 g/mol. The lowest BCUT2D eigenvalue weighted by molar-refractivity contribution is -0.385. The van der Waals surface area contributed by atoms with Gasteiger partial charge in [-0.3, -0.25) is 10.1 Å². The van der Waals surface area contributed by atoms with E-state index < -0.39 is 34.5 Å². The molecule has 0 saturated heterocycles. The third-order valence-electron chi connectivity index (χ3n) is 1.83. The molecule has 0 saturated carbocycles. The first-order valence-corrected chi connectivity index (χ1v) is 3.91. The minimum Gasteiger partial charge on any atom is -0.319 e. The number of halogens is 3. The summed E-state index contributed by atoms with van der Waals surface area (Å²) in [6, 6.07) is 0.619. The maximum absolute atomic E-state index is 13.1. The van der Waals surface area contributed by atoms with Crippen LogP contribution in [0.3, 0.4) is 0 Å². The smallest absolute Gasteiger partial charge is 0.272 e. The molecule has 2 N–H and O–H groups in total. The first kappa shape index (κ1) is 11.4.